The van der Waals surface area contributed by atoms with Crippen molar-refractivity contribution in [1.29, 1.82) is 0 Å². The van der Waals surface area contributed by atoms with E-state index in [1.165, 1.54) is 31.8 Å². The van der Waals surface area contributed by atoms with E-state index in [0.29, 0.717) is 13.0 Å². The van der Waals surface area contributed by atoms with Crippen LogP contribution in [0.4, 0.5) is 0 Å². The van der Waals surface area contributed by atoms with Gasteiger partial charge in [-0.05, 0) is 30.6 Å². The first-order valence-electron chi connectivity index (χ1n) is 9.46. The number of rotatable bonds is 11. The highest BCUT2D eigenvalue weighted by Crippen LogP contribution is 2.53. The van der Waals surface area contributed by atoms with Crippen molar-refractivity contribution >= 4 is 28.6 Å². The summed E-state index contributed by atoms with van der Waals surface area (Å²) in [6.45, 7) is 8.42. The molecule has 25 heavy (non-hydrogen) atoms. The zero-order chi connectivity index (χ0) is 18.9. The molecule has 0 unspecified atom stereocenters. The summed E-state index contributed by atoms with van der Waals surface area (Å²) in [6, 6.07) is 0. The molecule has 1 aliphatic carbocycles. The highest BCUT2D eigenvalue weighted by molar-refractivity contribution is 8.16. The third-order valence-electron chi connectivity index (χ3n) is 5.28. The fourth-order valence-electron chi connectivity index (χ4n) is 3.44. The first kappa shape index (κ1) is 21.9. The van der Waals surface area contributed by atoms with Gasteiger partial charge in [0, 0.05) is 24.5 Å². The molecular formula is C20H33NO3S. The molecule has 2 atom stereocenters. The molecule has 0 spiro atoms. The molecule has 1 N–H and O–H groups in total. The number of hydrogen-bond acceptors (Lipinski definition) is 4. The van der Waals surface area contributed by atoms with E-state index in [0.717, 1.165) is 24.6 Å². The summed E-state index contributed by atoms with van der Waals surface area (Å²) in [6.07, 6.45) is 9.22. The molecule has 1 amide bonds. The van der Waals surface area contributed by atoms with Crippen molar-refractivity contribution in [3.63, 3.8) is 0 Å². The zero-order valence-corrected chi connectivity index (χ0v) is 16.9. The summed E-state index contributed by atoms with van der Waals surface area (Å²) in [5.41, 5.74) is -0.274. The zero-order valence-electron chi connectivity index (χ0n) is 16.1. The minimum atomic E-state index is -0.274. The van der Waals surface area contributed by atoms with E-state index in [2.05, 4.69) is 12.2 Å². The predicted molar refractivity (Wildman–Crippen MR) is 104 cm³/mol. The number of carbonyl (C=O) groups is 3. The average molecular weight is 368 g/mol. The van der Waals surface area contributed by atoms with Crippen LogP contribution in [0.15, 0.2) is 11.5 Å². The SMILES string of the molecule is CCCCCCCCNC(=O)C=CSC(=O)[C@@H]1C[C@H](C(C)=O)C1(C)C. The predicted octanol–water partition coefficient (Wildman–Crippen LogP) is 4.49. The lowest BCUT2D eigenvalue weighted by Gasteiger charge is -2.49. The molecule has 4 nitrogen and oxygen atoms in total. The Hall–Kier alpha value is -1.10. The normalized spacial score (nSPS) is 21.8. The molecule has 0 aromatic heterocycles. The second kappa shape index (κ2) is 10.8. The quantitative estimate of drug-likeness (QED) is 0.432. The van der Waals surface area contributed by atoms with Crippen molar-refractivity contribution in [2.45, 2.75) is 72.6 Å². The molecule has 1 saturated carbocycles. The second-order valence-corrected chi connectivity index (χ2v) is 8.48. The van der Waals surface area contributed by atoms with Crippen LogP contribution in [0.2, 0.25) is 0 Å². The smallest absolute Gasteiger partial charge is 0.244 e. The third kappa shape index (κ3) is 6.96. The summed E-state index contributed by atoms with van der Waals surface area (Å²) in [7, 11) is 0. The Morgan fingerprint density at radius 3 is 2.32 bits per heavy atom. The standard InChI is InChI=1S/C20H33NO3S/c1-5-6-7-8-9-10-12-21-18(23)11-13-25-19(24)17-14-16(15(2)22)20(17,3)4/h11,13,16-17H,5-10,12,14H2,1-4H3,(H,21,23)/t16-,17+/m1/s1. The monoisotopic (exact) mass is 367 g/mol. The van der Waals surface area contributed by atoms with Crippen LogP contribution >= 0.6 is 11.8 Å². The largest absolute Gasteiger partial charge is 0.353 e. The number of amides is 1. The Balaban J connectivity index is 2.19. The lowest BCUT2D eigenvalue weighted by atomic mass is 9.54. The Kier molecular flexibility index (Phi) is 9.47. The maximum absolute atomic E-state index is 12.2. The van der Waals surface area contributed by atoms with Gasteiger partial charge in [0.05, 0.1) is 0 Å². The molecule has 0 bridgehead atoms. The van der Waals surface area contributed by atoms with Gasteiger partial charge in [-0.1, -0.05) is 64.6 Å². The van der Waals surface area contributed by atoms with Gasteiger partial charge in [-0.25, -0.2) is 0 Å². The van der Waals surface area contributed by atoms with Gasteiger partial charge in [0.15, 0.2) is 5.12 Å². The van der Waals surface area contributed by atoms with Crippen LogP contribution in [0.3, 0.4) is 0 Å². The Labute approximate surface area is 156 Å². The molecule has 0 saturated heterocycles. The Morgan fingerprint density at radius 1 is 1.08 bits per heavy atom. The van der Waals surface area contributed by atoms with Crippen molar-refractivity contribution in [3.8, 4) is 0 Å². The fourth-order valence-corrected chi connectivity index (χ4v) is 4.33. The summed E-state index contributed by atoms with van der Waals surface area (Å²) >= 11 is 1.07. The molecular weight excluding hydrogens is 334 g/mol. The van der Waals surface area contributed by atoms with Gasteiger partial charge in [0.2, 0.25) is 5.91 Å². The number of Topliss-reactive ketones (excluding diaryl/α,β-unsaturated/α-hetero) is 1. The van der Waals surface area contributed by atoms with Crippen LogP contribution in [0, 0.1) is 17.3 Å². The summed E-state index contributed by atoms with van der Waals surface area (Å²) in [5, 5.41) is 4.46. The number of carbonyl (C=O) groups excluding carboxylic acids is 3. The number of thioether (sulfide) groups is 1. The number of nitrogens with one attached hydrogen (secondary N) is 1. The van der Waals surface area contributed by atoms with Crippen molar-refractivity contribution in [2.75, 3.05) is 6.54 Å². The highest BCUT2D eigenvalue weighted by atomic mass is 32.2. The molecule has 1 fully saturated rings. The van der Waals surface area contributed by atoms with E-state index in [-0.39, 0.29) is 34.1 Å². The van der Waals surface area contributed by atoms with E-state index in [4.69, 9.17) is 0 Å². The van der Waals surface area contributed by atoms with Gasteiger partial charge in [0.1, 0.15) is 5.78 Å². The molecule has 1 rings (SSSR count). The van der Waals surface area contributed by atoms with E-state index < -0.39 is 0 Å². The third-order valence-corrected chi connectivity index (χ3v) is 6.07. The van der Waals surface area contributed by atoms with E-state index in [1.54, 1.807) is 12.3 Å². The van der Waals surface area contributed by atoms with Crippen molar-refractivity contribution in [3.05, 3.63) is 11.5 Å². The lowest BCUT2D eigenvalue weighted by Crippen LogP contribution is -2.50. The molecule has 0 radical (unpaired) electrons. The van der Waals surface area contributed by atoms with Crippen LogP contribution in [-0.2, 0) is 14.4 Å². The fraction of sp³-hybridized carbons (Fsp3) is 0.750. The highest BCUT2D eigenvalue weighted by Gasteiger charge is 2.53. The van der Waals surface area contributed by atoms with Gasteiger partial charge in [-0.2, -0.15) is 0 Å². The van der Waals surface area contributed by atoms with Crippen LogP contribution in [-0.4, -0.2) is 23.4 Å². The van der Waals surface area contributed by atoms with E-state index in [9.17, 15) is 14.4 Å². The number of unbranched alkanes of at least 4 members (excludes halogenated alkanes) is 5. The molecule has 0 heterocycles. The van der Waals surface area contributed by atoms with Crippen LogP contribution < -0.4 is 5.32 Å². The summed E-state index contributed by atoms with van der Waals surface area (Å²) in [4.78, 5) is 35.5. The van der Waals surface area contributed by atoms with Gasteiger partial charge < -0.3 is 5.32 Å². The maximum Gasteiger partial charge on any atom is 0.244 e. The lowest BCUT2D eigenvalue weighted by molar-refractivity contribution is -0.142. The van der Waals surface area contributed by atoms with E-state index >= 15 is 0 Å². The molecule has 5 heteroatoms. The second-order valence-electron chi connectivity index (χ2n) is 7.57. The van der Waals surface area contributed by atoms with Crippen LogP contribution in [0.1, 0.15) is 72.6 Å². The maximum atomic E-state index is 12.2. The minimum Gasteiger partial charge on any atom is -0.353 e. The molecule has 142 valence electrons. The van der Waals surface area contributed by atoms with Gasteiger partial charge >= 0.3 is 0 Å². The van der Waals surface area contributed by atoms with E-state index in [1.807, 2.05) is 13.8 Å². The van der Waals surface area contributed by atoms with Gasteiger partial charge in [-0.15, -0.1) is 0 Å². The molecule has 0 aromatic rings. The average Bonchev–Trinajstić information content (AvgIpc) is 2.52. The number of hydrogen-bond donors (Lipinski definition) is 1. The Morgan fingerprint density at radius 2 is 1.72 bits per heavy atom. The van der Waals surface area contributed by atoms with Gasteiger partial charge in [-0.3, -0.25) is 14.4 Å². The summed E-state index contributed by atoms with van der Waals surface area (Å²) in [5.74, 6) is -0.124. The first-order chi connectivity index (χ1) is 11.8. The van der Waals surface area contributed by atoms with Crippen molar-refractivity contribution in [1.82, 2.24) is 5.32 Å². The molecule has 0 aromatic carbocycles. The first-order valence-corrected chi connectivity index (χ1v) is 10.3. The van der Waals surface area contributed by atoms with Crippen molar-refractivity contribution < 1.29 is 14.4 Å². The summed E-state index contributed by atoms with van der Waals surface area (Å²) < 4.78 is 0. The van der Waals surface area contributed by atoms with Gasteiger partial charge in [0.25, 0.3) is 0 Å². The van der Waals surface area contributed by atoms with Crippen LogP contribution in [0.5, 0.6) is 0 Å². The molecule has 0 aliphatic heterocycles. The number of ketones is 1. The topological polar surface area (TPSA) is 63.2 Å². The van der Waals surface area contributed by atoms with Crippen LogP contribution in [0.25, 0.3) is 0 Å². The Bertz CT molecular complexity index is 499. The van der Waals surface area contributed by atoms with Crippen molar-refractivity contribution in [2.24, 2.45) is 17.3 Å². The minimum absolute atomic E-state index is 0.0216. The molecule has 1 aliphatic rings.